The largest absolute Gasteiger partial charge is 0.492 e. The molecule has 0 fully saturated rings. The Morgan fingerprint density at radius 1 is 0.781 bits per heavy atom. The van der Waals surface area contributed by atoms with Gasteiger partial charge >= 0.3 is 0 Å². The molecule has 168 valence electrons. The minimum atomic E-state index is 0.667. The molecule has 3 aromatic carbocycles. The monoisotopic (exact) mass is 427 g/mol. The van der Waals surface area contributed by atoms with Gasteiger partial charge in [-0.2, -0.15) is 0 Å². The third-order valence-electron chi connectivity index (χ3n) is 5.61. The quantitative estimate of drug-likeness (QED) is 0.317. The van der Waals surface area contributed by atoms with Crippen LogP contribution in [0.1, 0.15) is 49.4 Å². The number of hydrogen-bond acceptors (Lipinski definition) is 2. The van der Waals surface area contributed by atoms with Crippen molar-refractivity contribution in [1.82, 2.24) is 4.90 Å². The Labute approximate surface area is 194 Å². The normalized spacial score (nSPS) is 12.2. The SMILES string of the molecule is CC/C(=C(/c1ccccc1)c1ccc(OCCN(C)C)cc1)c1ccc(CC(C)C)cc1. The maximum atomic E-state index is 5.92. The molecule has 0 saturated heterocycles. The van der Waals surface area contributed by atoms with Crippen molar-refractivity contribution in [3.8, 4) is 5.75 Å². The average molecular weight is 428 g/mol. The summed E-state index contributed by atoms with van der Waals surface area (Å²) in [6.45, 7) is 8.39. The maximum absolute atomic E-state index is 5.92. The van der Waals surface area contributed by atoms with Gasteiger partial charge in [0.25, 0.3) is 0 Å². The molecule has 32 heavy (non-hydrogen) atoms. The summed E-state index contributed by atoms with van der Waals surface area (Å²) in [4.78, 5) is 2.13. The van der Waals surface area contributed by atoms with Gasteiger partial charge in [-0.25, -0.2) is 0 Å². The zero-order chi connectivity index (χ0) is 22.9. The van der Waals surface area contributed by atoms with Crippen LogP contribution in [0.4, 0.5) is 0 Å². The molecule has 2 heteroatoms. The highest BCUT2D eigenvalue weighted by molar-refractivity contribution is 5.98. The van der Waals surface area contributed by atoms with E-state index >= 15 is 0 Å². The van der Waals surface area contributed by atoms with Crippen molar-refractivity contribution in [2.24, 2.45) is 5.92 Å². The first-order chi connectivity index (χ1) is 15.5. The molecule has 0 amide bonds. The fraction of sp³-hybridized carbons (Fsp3) is 0.333. The fourth-order valence-electron chi connectivity index (χ4n) is 4.02. The number of nitrogens with zero attached hydrogens (tertiary/aromatic N) is 1. The zero-order valence-corrected chi connectivity index (χ0v) is 20.3. The highest BCUT2D eigenvalue weighted by atomic mass is 16.5. The number of rotatable bonds is 10. The molecule has 0 aliphatic rings. The molecule has 0 unspecified atom stereocenters. The summed E-state index contributed by atoms with van der Waals surface area (Å²) in [6, 6.07) is 28.4. The minimum absolute atomic E-state index is 0.667. The van der Waals surface area contributed by atoms with Gasteiger partial charge in [-0.3, -0.25) is 0 Å². The molecule has 3 rings (SSSR count). The standard InChI is InChI=1S/C30H37NO/c1-6-29(25-14-12-24(13-15-25)22-23(2)3)30(26-10-8-7-9-11-26)27-16-18-28(19-17-27)32-21-20-31(4)5/h7-19,23H,6,20-22H2,1-5H3/b30-29+. The molecule has 0 aromatic heterocycles. The van der Waals surface area contributed by atoms with Crippen LogP contribution in [0.15, 0.2) is 78.9 Å². The van der Waals surface area contributed by atoms with Crippen LogP contribution in [0.25, 0.3) is 11.1 Å². The first-order valence-corrected chi connectivity index (χ1v) is 11.7. The lowest BCUT2D eigenvalue weighted by Crippen LogP contribution is -2.19. The van der Waals surface area contributed by atoms with E-state index in [-0.39, 0.29) is 0 Å². The van der Waals surface area contributed by atoms with Gasteiger partial charge in [-0.05, 0) is 78.4 Å². The summed E-state index contributed by atoms with van der Waals surface area (Å²) >= 11 is 0. The van der Waals surface area contributed by atoms with E-state index in [9.17, 15) is 0 Å². The Morgan fingerprint density at radius 3 is 1.94 bits per heavy atom. The van der Waals surface area contributed by atoms with E-state index in [1.54, 1.807) is 0 Å². The van der Waals surface area contributed by atoms with Crippen LogP contribution in [0.3, 0.4) is 0 Å². The fourth-order valence-corrected chi connectivity index (χ4v) is 4.02. The lowest BCUT2D eigenvalue weighted by molar-refractivity contribution is 0.261. The van der Waals surface area contributed by atoms with Crippen LogP contribution < -0.4 is 4.74 Å². The van der Waals surface area contributed by atoms with E-state index in [1.807, 2.05) is 0 Å². The Balaban J connectivity index is 1.99. The van der Waals surface area contributed by atoms with Gasteiger partial charge < -0.3 is 9.64 Å². The summed E-state index contributed by atoms with van der Waals surface area (Å²) in [6.07, 6.45) is 2.08. The van der Waals surface area contributed by atoms with Gasteiger partial charge in [0.1, 0.15) is 12.4 Å². The summed E-state index contributed by atoms with van der Waals surface area (Å²) in [7, 11) is 4.12. The first kappa shape index (κ1) is 23.8. The molecule has 0 spiro atoms. The zero-order valence-electron chi connectivity index (χ0n) is 20.3. The number of benzene rings is 3. The smallest absolute Gasteiger partial charge is 0.119 e. The van der Waals surface area contributed by atoms with Gasteiger partial charge in [0.15, 0.2) is 0 Å². The van der Waals surface area contributed by atoms with Crippen LogP contribution in [-0.2, 0) is 6.42 Å². The van der Waals surface area contributed by atoms with Crippen molar-refractivity contribution >= 4 is 11.1 Å². The Hall–Kier alpha value is -2.84. The van der Waals surface area contributed by atoms with E-state index < -0.39 is 0 Å². The van der Waals surface area contributed by atoms with Crippen LogP contribution in [0, 0.1) is 5.92 Å². The highest BCUT2D eigenvalue weighted by Gasteiger charge is 2.13. The van der Waals surface area contributed by atoms with Crippen molar-refractivity contribution in [2.75, 3.05) is 27.2 Å². The summed E-state index contributed by atoms with van der Waals surface area (Å²) in [5.41, 5.74) is 7.83. The Kier molecular flexibility index (Phi) is 8.70. The lowest BCUT2D eigenvalue weighted by Gasteiger charge is -2.17. The molecule has 0 heterocycles. The summed E-state index contributed by atoms with van der Waals surface area (Å²) in [5.74, 6) is 1.58. The van der Waals surface area contributed by atoms with Gasteiger partial charge in [-0.1, -0.05) is 87.5 Å². The molecule has 0 saturated carbocycles. The molecule has 0 aliphatic heterocycles. The molecular weight excluding hydrogens is 390 g/mol. The van der Waals surface area contributed by atoms with Gasteiger partial charge in [0.05, 0.1) is 0 Å². The topological polar surface area (TPSA) is 12.5 Å². The Bertz CT molecular complexity index is 983. The number of allylic oxidation sites excluding steroid dienone is 1. The van der Waals surface area contributed by atoms with E-state index in [1.165, 1.54) is 33.4 Å². The molecular formula is C30H37NO. The van der Waals surface area contributed by atoms with E-state index in [0.29, 0.717) is 12.5 Å². The lowest BCUT2D eigenvalue weighted by atomic mass is 9.87. The van der Waals surface area contributed by atoms with Crippen LogP contribution >= 0.6 is 0 Å². The van der Waals surface area contributed by atoms with Gasteiger partial charge in [0.2, 0.25) is 0 Å². The van der Waals surface area contributed by atoms with Crippen molar-refractivity contribution in [1.29, 1.82) is 0 Å². The Morgan fingerprint density at radius 2 is 1.38 bits per heavy atom. The van der Waals surface area contributed by atoms with Crippen molar-refractivity contribution in [3.05, 3.63) is 101 Å². The highest BCUT2D eigenvalue weighted by Crippen LogP contribution is 2.35. The summed E-state index contributed by atoms with van der Waals surface area (Å²) < 4.78 is 5.92. The number of likely N-dealkylation sites (N-methyl/N-ethyl adjacent to an activating group) is 1. The predicted molar refractivity (Wildman–Crippen MR) is 138 cm³/mol. The van der Waals surface area contributed by atoms with E-state index in [4.69, 9.17) is 4.74 Å². The molecule has 0 bridgehead atoms. The second kappa shape index (κ2) is 11.7. The van der Waals surface area contributed by atoms with Gasteiger partial charge in [0, 0.05) is 6.54 Å². The molecule has 3 aromatic rings. The maximum Gasteiger partial charge on any atom is 0.119 e. The predicted octanol–water partition coefficient (Wildman–Crippen LogP) is 7.19. The van der Waals surface area contributed by atoms with Crippen molar-refractivity contribution < 1.29 is 4.74 Å². The van der Waals surface area contributed by atoms with Crippen molar-refractivity contribution in [2.45, 2.75) is 33.6 Å². The number of ether oxygens (including phenoxy) is 1. The van der Waals surface area contributed by atoms with Crippen LogP contribution in [0.5, 0.6) is 5.75 Å². The van der Waals surface area contributed by atoms with E-state index in [2.05, 4.69) is 119 Å². The number of hydrogen-bond donors (Lipinski definition) is 0. The summed E-state index contributed by atoms with van der Waals surface area (Å²) in [5, 5.41) is 0. The second-order valence-electron chi connectivity index (χ2n) is 9.04. The molecule has 0 radical (unpaired) electrons. The minimum Gasteiger partial charge on any atom is -0.492 e. The average Bonchev–Trinajstić information content (AvgIpc) is 2.79. The van der Waals surface area contributed by atoms with E-state index in [0.717, 1.165) is 25.1 Å². The third kappa shape index (κ3) is 6.58. The molecule has 0 aliphatic carbocycles. The molecule has 0 atom stereocenters. The van der Waals surface area contributed by atoms with Crippen LogP contribution in [0.2, 0.25) is 0 Å². The van der Waals surface area contributed by atoms with Crippen molar-refractivity contribution in [3.63, 3.8) is 0 Å². The first-order valence-electron chi connectivity index (χ1n) is 11.7. The molecule has 0 N–H and O–H groups in total. The molecule has 2 nitrogen and oxygen atoms in total. The van der Waals surface area contributed by atoms with Crippen LogP contribution in [-0.4, -0.2) is 32.1 Å². The third-order valence-corrected chi connectivity index (χ3v) is 5.61. The van der Waals surface area contributed by atoms with Gasteiger partial charge in [-0.15, -0.1) is 0 Å². The second-order valence-corrected chi connectivity index (χ2v) is 9.04.